The second-order valence-corrected chi connectivity index (χ2v) is 5.73. The van der Waals surface area contributed by atoms with Crippen molar-refractivity contribution in [3.63, 3.8) is 0 Å². The van der Waals surface area contributed by atoms with Crippen molar-refractivity contribution in [3.05, 3.63) is 34.5 Å². The van der Waals surface area contributed by atoms with Gasteiger partial charge in [-0.2, -0.15) is 5.10 Å². The predicted octanol–water partition coefficient (Wildman–Crippen LogP) is 2.05. The highest BCUT2D eigenvalue weighted by Gasteiger charge is 2.10. The van der Waals surface area contributed by atoms with Crippen LogP contribution >= 0.6 is 22.7 Å². The number of rotatable bonds is 4. The summed E-state index contributed by atoms with van der Waals surface area (Å²) < 4.78 is 2.33. The molecule has 5 nitrogen and oxygen atoms in total. The molecule has 0 bridgehead atoms. The number of carbonyl (C=O) groups is 1. The molecule has 7 heteroatoms. The van der Waals surface area contributed by atoms with Gasteiger partial charge in [0.2, 0.25) is 0 Å². The van der Waals surface area contributed by atoms with Gasteiger partial charge in [-0.15, -0.1) is 22.7 Å². The third-order valence-electron chi connectivity index (χ3n) is 2.48. The smallest absolute Gasteiger partial charge is 0.261 e. The van der Waals surface area contributed by atoms with E-state index in [9.17, 15) is 4.79 Å². The van der Waals surface area contributed by atoms with Gasteiger partial charge in [0, 0.05) is 22.4 Å². The van der Waals surface area contributed by atoms with E-state index in [1.807, 2.05) is 17.5 Å². The topological polar surface area (TPSA) is 70.7 Å². The van der Waals surface area contributed by atoms with Crippen molar-refractivity contribution in [1.29, 1.82) is 0 Å². The average molecular weight is 278 g/mol. The number of fused-ring (bicyclic) bond motifs is 1. The quantitative estimate of drug-likeness (QED) is 0.767. The largest absolute Gasteiger partial charge is 0.351 e. The maximum atomic E-state index is 11.9. The van der Waals surface area contributed by atoms with Crippen LogP contribution in [0.1, 0.15) is 15.5 Å². The fourth-order valence-corrected chi connectivity index (χ4v) is 3.64. The molecule has 0 aliphatic heterocycles. The van der Waals surface area contributed by atoms with E-state index in [4.69, 9.17) is 0 Å². The van der Waals surface area contributed by atoms with Crippen molar-refractivity contribution in [2.75, 3.05) is 6.54 Å². The second-order valence-electron chi connectivity index (χ2n) is 3.70. The number of carbonyl (C=O) groups excluding carboxylic acids is 1. The highest BCUT2D eigenvalue weighted by molar-refractivity contribution is 7.27. The Labute approximate surface area is 111 Å². The van der Waals surface area contributed by atoms with Crippen molar-refractivity contribution in [2.45, 2.75) is 6.42 Å². The van der Waals surface area contributed by atoms with Crippen molar-refractivity contribution < 1.29 is 4.79 Å². The molecule has 0 atom stereocenters. The Kier molecular flexibility index (Phi) is 3.07. The zero-order valence-corrected chi connectivity index (χ0v) is 11.0. The minimum atomic E-state index is -0.0251. The molecule has 0 unspecified atom stereocenters. The lowest BCUT2D eigenvalue weighted by molar-refractivity contribution is 0.0958. The maximum Gasteiger partial charge on any atom is 0.261 e. The van der Waals surface area contributed by atoms with Crippen molar-refractivity contribution in [2.24, 2.45) is 0 Å². The molecule has 0 saturated carbocycles. The van der Waals surface area contributed by atoms with Gasteiger partial charge in [0.1, 0.15) is 12.2 Å². The van der Waals surface area contributed by atoms with Gasteiger partial charge in [-0.3, -0.25) is 9.89 Å². The first-order chi connectivity index (χ1) is 8.83. The Morgan fingerprint density at radius 2 is 2.39 bits per heavy atom. The Morgan fingerprint density at radius 1 is 1.44 bits per heavy atom. The summed E-state index contributed by atoms with van der Waals surface area (Å²) in [7, 11) is 0. The number of H-pyrrole nitrogens is 1. The molecule has 1 amide bonds. The Morgan fingerprint density at radius 3 is 3.17 bits per heavy atom. The van der Waals surface area contributed by atoms with Crippen LogP contribution < -0.4 is 5.32 Å². The van der Waals surface area contributed by atoms with Crippen LogP contribution in [-0.4, -0.2) is 27.6 Å². The molecular formula is C11H10N4OS2. The second kappa shape index (κ2) is 4.87. The molecule has 0 spiro atoms. The Balaban J connectivity index is 1.59. The number of hydrogen-bond acceptors (Lipinski definition) is 5. The van der Waals surface area contributed by atoms with Crippen LogP contribution in [0.4, 0.5) is 0 Å². The van der Waals surface area contributed by atoms with E-state index in [2.05, 4.69) is 20.5 Å². The van der Waals surface area contributed by atoms with E-state index in [0.29, 0.717) is 13.0 Å². The molecular weight excluding hydrogens is 268 g/mol. The third kappa shape index (κ3) is 2.27. The number of aromatic amines is 1. The first kappa shape index (κ1) is 11.4. The van der Waals surface area contributed by atoms with Gasteiger partial charge in [-0.1, -0.05) is 0 Å². The highest BCUT2D eigenvalue weighted by atomic mass is 32.1. The number of thiophene rings is 2. The number of amides is 1. The molecule has 3 rings (SSSR count). The number of aromatic nitrogens is 3. The predicted molar refractivity (Wildman–Crippen MR) is 72.1 cm³/mol. The molecule has 0 saturated heterocycles. The normalized spacial score (nSPS) is 10.9. The molecule has 18 heavy (non-hydrogen) atoms. The van der Waals surface area contributed by atoms with Crippen molar-refractivity contribution in [3.8, 4) is 0 Å². The van der Waals surface area contributed by atoms with E-state index >= 15 is 0 Å². The van der Waals surface area contributed by atoms with E-state index in [1.54, 1.807) is 11.3 Å². The van der Waals surface area contributed by atoms with E-state index in [1.165, 1.54) is 27.1 Å². The minimum absolute atomic E-state index is 0.0251. The summed E-state index contributed by atoms with van der Waals surface area (Å²) in [4.78, 5) is 16.7. The van der Waals surface area contributed by atoms with Crippen LogP contribution in [0.25, 0.3) is 9.40 Å². The van der Waals surface area contributed by atoms with Crippen LogP contribution in [0.2, 0.25) is 0 Å². The van der Waals surface area contributed by atoms with Crippen molar-refractivity contribution in [1.82, 2.24) is 20.5 Å². The lowest BCUT2D eigenvalue weighted by Gasteiger charge is -2.00. The Hall–Kier alpha value is -1.73. The fraction of sp³-hybridized carbons (Fsp3) is 0.182. The standard InChI is InChI=1S/C11H10N4OS2/c16-11(12-3-1-10-13-6-14-15-10)9-5-8-7(18-9)2-4-17-8/h2,4-6H,1,3H2,(H,12,16)(H,13,14,15). The maximum absolute atomic E-state index is 11.9. The molecule has 0 aliphatic rings. The van der Waals surface area contributed by atoms with Gasteiger partial charge in [-0.05, 0) is 17.5 Å². The fourth-order valence-electron chi connectivity index (χ4n) is 1.61. The average Bonchev–Trinajstić information content (AvgIpc) is 3.04. The van der Waals surface area contributed by atoms with E-state index in [-0.39, 0.29) is 5.91 Å². The molecule has 0 fully saturated rings. The number of nitrogens with one attached hydrogen (secondary N) is 2. The molecule has 2 N–H and O–H groups in total. The summed E-state index contributed by atoms with van der Waals surface area (Å²) in [5.41, 5.74) is 0. The molecule has 3 aromatic rings. The molecule has 3 heterocycles. The molecule has 0 aliphatic carbocycles. The van der Waals surface area contributed by atoms with Gasteiger partial charge in [-0.25, -0.2) is 4.98 Å². The van der Waals surface area contributed by atoms with E-state index in [0.717, 1.165) is 10.7 Å². The van der Waals surface area contributed by atoms with Crippen LogP contribution in [-0.2, 0) is 6.42 Å². The first-order valence-electron chi connectivity index (χ1n) is 5.42. The van der Waals surface area contributed by atoms with E-state index < -0.39 is 0 Å². The number of nitrogens with zero attached hydrogens (tertiary/aromatic N) is 2. The first-order valence-corrected chi connectivity index (χ1v) is 7.12. The monoisotopic (exact) mass is 278 g/mol. The van der Waals surface area contributed by atoms with Gasteiger partial charge < -0.3 is 5.32 Å². The summed E-state index contributed by atoms with van der Waals surface area (Å²) in [6.07, 6.45) is 2.12. The molecule has 3 aromatic heterocycles. The Bertz CT molecular complexity index is 627. The minimum Gasteiger partial charge on any atom is -0.351 e. The molecule has 0 aromatic carbocycles. The van der Waals surface area contributed by atoms with Gasteiger partial charge in [0.05, 0.1) is 4.88 Å². The van der Waals surface area contributed by atoms with Crippen LogP contribution in [0.3, 0.4) is 0 Å². The summed E-state index contributed by atoms with van der Waals surface area (Å²) >= 11 is 3.18. The van der Waals surface area contributed by atoms with Crippen LogP contribution in [0, 0.1) is 0 Å². The summed E-state index contributed by atoms with van der Waals surface area (Å²) in [5, 5.41) is 11.4. The molecule has 92 valence electrons. The van der Waals surface area contributed by atoms with Crippen molar-refractivity contribution >= 4 is 38.0 Å². The zero-order valence-electron chi connectivity index (χ0n) is 9.34. The van der Waals surface area contributed by atoms with Crippen LogP contribution in [0.5, 0.6) is 0 Å². The third-order valence-corrected chi connectivity index (χ3v) is 4.57. The lowest BCUT2D eigenvalue weighted by atomic mass is 10.4. The SMILES string of the molecule is O=C(NCCc1ncn[nH]1)c1cc2sccc2s1. The zero-order chi connectivity index (χ0) is 12.4. The van der Waals surface area contributed by atoms with Gasteiger partial charge in [0.25, 0.3) is 5.91 Å². The molecule has 0 radical (unpaired) electrons. The summed E-state index contributed by atoms with van der Waals surface area (Å²) in [6.45, 7) is 0.555. The summed E-state index contributed by atoms with van der Waals surface area (Å²) in [6, 6.07) is 3.98. The number of hydrogen-bond donors (Lipinski definition) is 2. The van der Waals surface area contributed by atoms with Gasteiger partial charge in [0.15, 0.2) is 0 Å². The lowest BCUT2D eigenvalue weighted by Crippen LogP contribution is -2.25. The van der Waals surface area contributed by atoms with Gasteiger partial charge >= 0.3 is 0 Å². The summed E-state index contributed by atoms with van der Waals surface area (Å²) in [5.74, 6) is 0.755. The highest BCUT2D eigenvalue weighted by Crippen LogP contribution is 2.29. The van der Waals surface area contributed by atoms with Crippen LogP contribution in [0.15, 0.2) is 23.8 Å².